The highest BCUT2D eigenvalue weighted by Gasteiger charge is 1.87. The Bertz CT molecular complexity index is 83.7. The maximum Gasteiger partial charge on any atom is 0.305 e. The second-order valence-corrected chi connectivity index (χ2v) is 1.26. The lowest BCUT2D eigenvalue weighted by Crippen LogP contribution is -1.94. The van der Waals surface area contributed by atoms with Gasteiger partial charge in [-0.25, -0.2) is 0 Å². The summed E-state index contributed by atoms with van der Waals surface area (Å²) in [4.78, 5) is 18.9. The predicted molar refractivity (Wildman–Crippen MR) is 35.4 cm³/mol. The Balaban J connectivity index is 0. The SMILES string of the molecule is CCC(=O)OC.COC=O. The molecule has 10 heavy (non-hydrogen) atoms. The number of hydrogen-bond acceptors (Lipinski definition) is 4. The summed E-state index contributed by atoms with van der Waals surface area (Å²) in [5.74, 6) is -0.157. The Hall–Kier alpha value is -1.06. The molecule has 0 heterocycles. The second-order valence-electron chi connectivity index (χ2n) is 1.26. The Morgan fingerprint density at radius 2 is 1.90 bits per heavy atom. The van der Waals surface area contributed by atoms with Crippen LogP contribution in [-0.2, 0) is 19.1 Å². The fourth-order valence-electron chi connectivity index (χ4n) is 0.144. The van der Waals surface area contributed by atoms with E-state index in [0.717, 1.165) is 0 Å². The highest BCUT2D eigenvalue weighted by Crippen LogP contribution is 1.76. The van der Waals surface area contributed by atoms with Crippen LogP contribution in [0.15, 0.2) is 0 Å². The zero-order valence-corrected chi connectivity index (χ0v) is 6.42. The van der Waals surface area contributed by atoms with Gasteiger partial charge in [0.15, 0.2) is 0 Å². The molecule has 0 saturated heterocycles. The molecule has 0 saturated carbocycles. The molecular weight excluding hydrogens is 136 g/mol. The summed E-state index contributed by atoms with van der Waals surface area (Å²) in [6.45, 7) is 2.13. The first kappa shape index (κ1) is 11.7. The Kier molecular flexibility index (Phi) is 12.7. The largest absolute Gasteiger partial charge is 0.471 e. The van der Waals surface area contributed by atoms with Crippen molar-refractivity contribution in [1.82, 2.24) is 0 Å². The second kappa shape index (κ2) is 10.8. The minimum atomic E-state index is -0.157. The molecule has 0 aliphatic carbocycles. The van der Waals surface area contributed by atoms with E-state index < -0.39 is 0 Å². The van der Waals surface area contributed by atoms with Crippen LogP contribution in [0, 0.1) is 0 Å². The van der Waals surface area contributed by atoms with Gasteiger partial charge in [0.25, 0.3) is 6.47 Å². The molecule has 60 valence electrons. The van der Waals surface area contributed by atoms with Gasteiger partial charge in [-0.05, 0) is 0 Å². The van der Waals surface area contributed by atoms with Gasteiger partial charge in [-0.1, -0.05) is 6.92 Å². The molecule has 0 radical (unpaired) electrons. The summed E-state index contributed by atoms with van der Waals surface area (Å²) in [6.07, 6.45) is 0.469. The summed E-state index contributed by atoms with van der Waals surface area (Å²) < 4.78 is 8.12. The van der Waals surface area contributed by atoms with Gasteiger partial charge in [-0.15, -0.1) is 0 Å². The molecule has 0 spiro atoms. The average Bonchev–Trinajstić information content (AvgIpc) is 2.03. The van der Waals surface area contributed by atoms with Crippen molar-refractivity contribution in [3.63, 3.8) is 0 Å². The first-order chi connectivity index (χ1) is 4.72. The molecule has 0 atom stereocenters. The molecule has 4 heteroatoms. The van der Waals surface area contributed by atoms with Gasteiger partial charge in [0.05, 0.1) is 14.2 Å². The minimum absolute atomic E-state index is 0.157. The first-order valence-electron chi connectivity index (χ1n) is 2.76. The summed E-state index contributed by atoms with van der Waals surface area (Å²) in [5.41, 5.74) is 0. The van der Waals surface area contributed by atoms with Crippen LogP contribution in [-0.4, -0.2) is 26.7 Å². The van der Waals surface area contributed by atoms with Gasteiger partial charge in [0.1, 0.15) is 0 Å². The normalized spacial score (nSPS) is 6.70. The number of methoxy groups -OCH3 is 2. The molecular formula is C6H12O4. The van der Waals surface area contributed by atoms with Crippen LogP contribution in [0.1, 0.15) is 13.3 Å². The monoisotopic (exact) mass is 148 g/mol. The number of rotatable bonds is 2. The van der Waals surface area contributed by atoms with E-state index in [2.05, 4.69) is 9.47 Å². The smallest absolute Gasteiger partial charge is 0.305 e. The zero-order valence-electron chi connectivity index (χ0n) is 6.42. The van der Waals surface area contributed by atoms with E-state index in [9.17, 15) is 4.79 Å². The molecule has 0 amide bonds. The molecule has 0 bridgehead atoms. The van der Waals surface area contributed by atoms with E-state index in [1.165, 1.54) is 14.2 Å². The van der Waals surface area contributed by atoms with E-state index in [1.807, 2.05) is 0 Å². The summed E-state index contributed by atoms with van der Waals surface area (Å²) in [6, 6.07) is 0. The lowest BCUT2D eigenvalue weighted by Gasteiger charge is -1.87. The van der Waals surface area contributed by atoms with Gasteiger partial charge in [-0.3, -0.25) is 9.59 Å². The van der Waals surface area contributed by atoms with Crippen LogP contribution in [0.5, 0.6) is 0 Å². The fraction of sp³-hybridized carbons (Fsp3) is 0.667. The van der Waals surface area contributed by atoms with E-state index in [1.54, 1.807) is 6.92 Å². The minimum Gasteiger partial charge on any atom is -0.471 e. The van der Waals surface area contributed by atoms with Crippen molar-refractivity contribution >= 4 is 12.4 Å². The molecule has 4 nitrogen and oxygen atoms in total. The molecule has 0 unspecified atom stereocenters. The number of ether oxygens (including phenoxy) is 2. The van der Waals surface area contributed by atoms with Crippen LogP contribution in [0.4, 0.5) is 0 Å². The number of esters is 1. The highest BCUT2D eigenvalue weighted by atomic mass is 16.5. The first-order valence-corrected chi connectivity index (χ1v) is 2.76. The zero-order chi connectivity index (χ0) is 8.41. The van der Waals surface area contributed by atoms with Gasteiger partial charge in [0, 0.05) is 6.42 Å². The Labute approximate surface area is 60.1 Å². The third-order valence-corrected chi connectivity index (χ3v) is 0.613. The maximum absolute atomic E-state index is 9.96. The van der Waals surface area contributed by atoms with E-state index in [-0.39, 0.29) is 5.97 Å². The van der Waals surface area contributed by atoms with Crippen molar-refractivity contribution in [2.45, 2.75) is 13.3 Å². The molecule has 0 rings (SSSR count). The molecule has 0 aromatic carbocycles. The topological polar surface area (TPSA) is 52.6 Å². The highest BCUT2D eigenvalue weighted by molar-refractivity contribution is 5.68. The van der Waals surface area contributed by atoms with Crippen LogP contribution in [0.2, 0.25) is 0 Å². The van der Waals surface area contributed by atoms with Crippen molar-refractivity contribution in [2.75, 3.05) is 14.2 Å². The van der Waals surface area contributed by atoms with Crippen molar-refractivity contribution in [2.24, 2.45) is 0 Å². The third kappa shape index (κ3) is 15.8. The quantitative estimate of drug-likeness (QED) is 0.419. The van der Waals surface area contributed by atoms with Crippen LogP contribution in [0.25, 0.3) is 0 Å². The lowest BCUT2D eigenvalue weighted by molar-refractivity contribution is -0.140. The molecule has 0 N–H and O–H groups in total. The molecule has 0 aromatic heterocycles. The number of hydrogen-bond donors (Lipinski definition) is 0. The van der Waals surface area contributed by atoms with Gasteiger partial charge in [0.2, 0.25) is 0 Å². The van der Waals surface area contributed by atoms with E-state index in [4.69, 9.17) is 4.79 Å². The van der Waals surface area contributed by atoms with Crippen molar-refractivity contribution in [3.05, 3.63) is 0 Å². The van der Waals surface area contributed by atoms with Gasteiger partial charge < -0.3 is 9.47 Å². The van der Waals surface area contributed by atoms with Crippen molar-refractivity contribution < 1.29 is 19.1 Å². The van der Waals surface area contributed by atoms with Crippen LogP contribution in [0.3, 0.4) is 0 Å². The fourth-order valence-corrected chi connectivity index (χ4v) is 0.144. The van der Waals surface area contributed by atoms with Gasteiger partial charge >= 0.3 is 5.97 Å². The summed E-state index contributed by atoms with van der Waals surface area (Å²) in [7, 11) is 2.69. The summed E-state index contributed by atoms with van der Waals surface area (Å²) >= 11 is 0. The van der Waals surface area contributed by atoms with Crippen LogP contribution < -0.4 is 0 Å². The molecule has 0 aliphatic rings. The Morgan fingerprint density at radius 3 is 1.90 bits per heavy atom. The van der Waals surface area contributed by atoms with Crippen molar-refractivity contribution in [1.29, 1.82) is 0 Å². The Morgan fingerprint density at radius 1 is 1.50 bits per heavy atom. The number of carbonyl (C=O) groups is 2. The van der Waals surface area contributed by atoms with Crippen LogP contribution >= 0.6 is 0 Å². The molecule has 0 aliphatic heterocycles. The van der Waals surface area contributed by atoms with E-state index >= 15 is 0 Å². The van der Waals surface area contributed by atoms with Gasteiger partial charge in [-0.2, -0.15) is 0 Å². The lowest BCUT2D eigenvalue weighted by atomic mass is 10.5. The maximum atomic E-state index is 9.96. The van der Waals surface area contributed by atoms with Crippen molar-refractivity contribution in [3.8, 4) is 0 Å². The van der Waals surface area contributed by atoms with E-state index in [0.29, 0.717) is 12.9 Å². The molecule has 0 fully saturated rings. The number of carbonyl (C=O) groups excluding carboxylic acids is 2. The molecule has 0 aromatic rings. The third-order valence-electron chi connectivity index (χ3n) is 0.613. The standard InChI is InChI=1S/C4H8O2.C2H4O2/c1-3-4(5)6-2;1-4-2-3/h3H2,1-2H3;2H,1H3. The average molecular weight is 148 g/mol. The summed E-state index contributed by atoms with van der Waals surface area (Å²) in [5, 5.41) is 0. The predicted octanol–water partition coefficient (Wildman–Crippen LogP) is 0.359.